The third-order valence-electron chi connectivity index (χ3n) is 10.8. The maximum atomic E-state index is 4.64. The molecule has 0 N–H and O–H groups in total. The molecule has 0 bridgehead atoms. The van der Waals surface area contributed by atoms with Crippen molar-refractivity contribution < 1.29 is 0 Å². The summed E-state index contributed by atoms with van der Waals surface area (Å²) in [6, 6.07) is 42.4. The van der Waals surface area contributed by atoms with Gasteiger partial charge in [-0.2, -0.15) is 0 Å². The van der Waals surface area contributed by atoms with Crippen LogP contribution in [0, 0.1) is 0 Å². The zero-order chi connectivity index (χ0) is 34.0. The summed E-state index contributed by atoms with van der Waals surface area (Å²) in [6.07, 6.45) is 13.5. The highest BCUT2D eigenvalue weighted by atomic mass is 32.1. The molecule has 2 aliphatic carbocycles. The molecule has 0 saturated heterocycles. The number of hydrogen-bond donors (Lipinski definition) is 0. The van der Waals surface area contributed by atoms with Gasteiger partial charge in [0.2, 0.25) is 0 Å². The second kappa shape index (κ2) is 11.8. The van der Waals surface area contributed by atoms with Crippen molar-refractivity contribution in [2.75, 3.05) is 0 Å². The molecule has 0 aliphatic heterocycles. The molecule has 2 aliphatic rings. The summed E-state index contributed by atoms with van der Waals surface area (Å²) in [6.45, 7) is 13.8. The number of hydrogen-bond acceptors (Lipinski definition) is 1. The minimum Gasteiger partial charge on any atom is -0.135 e. The third-order valence-corrected chi connectivity index (χ3v) is 12.0. The highest BCUT2D eigenvalue weighted by molar-refractivity contribution is 7.26. The number of allylic oxidation sites excluding steroid dienone is 5. The average Bonchev–Trinajstić information content (AvgIpc) is 3.63. The lowest BCUT2D eigenvalue weighted by molar-refractivity contribution is 0.659. The molecule has 9 rings (SSSR count). The van der Waals surface area contributed by atoms with Gasteiger partial charge in [0.05, 0.1) is 0 Å². The van der Waals surface area contributed by atoms with E-state index in [2.05, 4.69) is 167 Å². The van der Waals surface area contributed by atoms with Crippen molar-refractivity contribution in [2.45, 2.75) is 32.1 Å². The molecule has 0 atom stereocenters. The van der Waals surface area contributed by atoms with Gasteiger partial charge in [-0.05, 0) is 102 Å². The highest BCUT2D eigenvalue weighted by Gasteiger charge is 2.39. The van der Waals surface area contributed by atoms with Crippen LogP contribution in [-0.2, 0) is 5.41 Å². The fraction of sp³-hybridized carbons (Fsp3) is 0.102. The first kappa shape index (κ1) is 30.6. The van der Waals surface area contributed by atoms with Crippen LogP contribution in [0.25, 0.3) is 65.9 Å². The molecule has 0 radical (unpaired) electrons. The minimum absolute atomic E-state index is 0.183. The summed E-state index contributed by atoms with van der Waals surface area (Å²) in [5, 5.41) is 9.84. The molecule has 0 saturated carbocycles. The van der Waals surface area contributed by atoms with E-state index in [1.165, 1.54) is 74.8 Å². The number of fused-ring (bicyclic) bond motifs is 10. The second-order valence-corrected chi connectivity index (χ2v) is 15.2. The molecule has 0 fully saturated rings. The monoisotopic (exact) mass is 658 g/mol. The van der Waals surface area contributed by atoms with E-state index in [0.29, 0.717) is 0 Å². The zero-order valence-electron chi connectivity index (χ0n) is 28.6. The largest absolute Gasteiger partial charge is 0.135 e. The van der Waals surface area contributed by atoms with Crippen molar-refractivity contribution in [2.24, 2.45) is 0 Å². The van der Waals surface area contributed by atoms with Gasteiger partial charge in [-0.1, -0.05) is 154 Å². The number of rotatable bonds is 3. The summed E-state index contributed by atoms with van der Waals surface area (Å²) in [5.41, 5.74) is 10.0. The van der Waals surface area contributed by atoms with Crippen LogP contribution in [0.5, 0.6) is 0 Å². The molecule has 0 amide bonds. The normalized spacial score (nSPS) is 18.9. The van der Waals surface area contributed by atoms with Gasteiger partial charge < -0.3 is 0 Å². The Bertz CT molecular complexity index is 2870. The first-order valence-electron chi connectivity index (χ1n) is 17.6. The lowest BCUT2D eigenvalue weighted by Crippen LogP contribution is -2.30. The lowest BCUT2D eigenvalue weighted by atomic mass is 9.77. The molecule has 240 valence electrons. The molecule has 0 unspecified atom stereocenters. The summed E-state index contributed by atoms with van der Waals surface area (Å²) >= 11 is 1.92. The smallest absolute Gasteiger partial charge is 0.0434 e. The van der Waals surface area contributed by atoms with E-state index in [1.54, 1.807) is 0 Å². The van der Waals surface area contributed by atoms with Crippen molar-refractivity contribution in [1.82, 2.24) is 0 Å². The summed E-state index contributed by atoms with van der Waals surface area (Å²) in [5.74, 6) is 0. The van der Waals surface area contributed by atoms with Crippen LogP contribution >= 0.6 is 11.3 Å². The Morgan fingerprint density at radius 3 is 2.24 bits per heavy atom. The minimum atomic E-state index is -0.183. The van der Waals surface area contributed by atoms with Crippen molar-refractivity contribution in [3.8, 4) is 11.1 Å². The fourth-order valence-electron chi connectivity index (χ4n) is 8.36. The van der Waals surface area contributed by atoms with E-state index in [1.807, 2.05) is 17.4 Å². The molecule has 7 aromatic rings. The van der Waals surface area contributed by atoms with Gasteiger partial charge in [-0.15, -0.1) is 11.3 Å². The topological polar surface area (TPSA) is 0 Å². The van der Waals surface area contributed by atoms with Gasteiger partial charge in [0.25, 0.3) is 0 Å². The quantitative estimate of drug-likeness (QED) is 0.177. The van der Waals surface area contributed by atoms with E-state index in [9.17, 15) is 0 Å². The lowest BCUT2D eigenvalue weighted by Gasteiger charge is -2.26. The van der Waals surface area contributed by atoms with Gasteiger partial charge in [0, 0.05) is 31.0 Å². The van der Waals surface area contributed by atoms with Crippen LogP contribution in [0.1, 0.15) is 43.4 Å². The SMILES string of the molecule is C=C(/C=c1/ccccc1=C)C1=c2\cccc\c2=C(c2cc3c(ccc4c5ccccc5sc34)c3c2C(C)(C)c2ccccc2-3)\C=C\CC\C=C\1. The van der Waals surface area contributed by atoms with Crippen LogP contribution < -0.4 is 20.9 Å². The Balaban J connectivity index is 1.46. The number of benzene rings is 6. The third kappa shape index (κ3) is 4.72. The molecular formula is C49H38S. The van der Waals surface area contributed by atoms with Crippen LogP contribution in [0.3, 0.4) is 0 Å². The van der Waals surface area contributed by atoms with E-state index < -0.39 is 0 Å². The average molecular weight is 659 g/mol. The van der Waals surface area contributed by atoms with Gasteiger partial charge in [0.1, 0.15) is 0 Å². The van der Waals surface area contributed by atoms with Crippen molar-refractivity contribution in [1.29, 1.82) is 0 Å². The second-order valence-electron chi connectivity index (χ2n) is 14.1. The van der Waals surface area contributed by atoms with Crippen molar-refractivity contribution >= 4 is 66.1 Å². The molecule has 50 heavy (non-hydrogen) atoms. The predicted molar refractivity (Wildman–Crippen MR) is 218 cm³/mol. The van der Waals surface area contributed by atoms with E-state index in [-0.39, 0.29) is 5.41 Å². The molecule has 1 aromatic heterocycles. The summed E-state index contributed by atoms with van der Waals surface area (Å²) in [7, 11) is 0. The molecule has 0 nitrogen and oxygen atoms in total. The standard InChI is InChI=1S/C49H38S/c1-31-17-9-10-18-33(31)29-32(2)34-19-7-5-6-8-20-37(36-22-12-11-21-35(34)36)42-30-43-39(27-28-40-38-23-14-16-26-45(38)50-48(40)43)46-41-24-13-15-25-44(41)49(3,4)47(42)46/h7-30H,1-2,5-6H2,3-4H3/b19-7+,20-8+,33-29-,35-34+,37-36+. The van der Waals surface area contributed by atoms with Gasteiger partial charge in [0.15, 0.2) is 0 Å². The van der Waals surface area contributed by atoms with E-state index >= 15 is 0 Å². The van der Waals surface area contributed by atoms with Crippen LogP contribution in [0.2, 0.25) is 0 Å². The Hall–Kier alpha value is -5.50. The zero-order valence-corrected chi connectivity index (χ0v) is 29.4. The van der Waals surface area contributed by atoms with Crippen molar-refractivity contribution in [3.63, 3.8) is 0 Å². The Morgan fingerprint density at radius 1 is 0.680 bits per heavy atom. The maximum absolute atomic E-state index is 4.64. The Morgan fingerprint density at radius 2 is 1.38 bits per heavy atom. The fourth-order valence-corrected chi connectivity index (χ4v) is 9.58. The number of thiophene rings is 1. The van der Waals surface area contributed by atoms with Gasteiger partial charge >= 0.3 is 0 Å². The van der Waals surface area contributed by atoms with E-state index in [4.69, 9.17) is 0 Å². The molecular weight excluding hydrogens is 621 g/mol. The van der Waals surface area contributed by atoms with Crippen LogP contribution in [-0.4, -0.2) is 0 Å². The van der Waals surface area contributed by atoms with Crippen LogP contribution in [0.15, 0.2) is 152 Å². The first-order valence-corrected chi connectivity index (χ1v) is 18.4. The molecule has 1 heteroatoms. The van der Waals surface area contributed by atoms with Crippen molar-refractivity contribution in [3.05, 3.63) is 189 Å². The highest BCUT2D eigenvalue weighted by Crippen LogP contribution is 2.55. The van der Waals surface area contributed by atoms with Gasteiger partial charge in [-0.25, -0.2) is 0 Å². The van der Waals surface area contributed by atoms with Gasteiger partial charge in [-0.3, -0.25) is 0 Å². The molecule has 6 aromatic carbocycles. The Kier molecular flexibility index (Phi) is 7.23. The van der Waals surface area contributed by atoms with E-state index in [0.717, 1.165) is 34.4 Å². The first-order chi connectivity index (χ1) is 24.4. The summed E-state index contributed by atoms with van der Waals surface area (Å²) < 4.78 is 2.69. The Labute approximate surface area is 297 Å². The predicted octanol–water partition coefficient (Wildman–Crippen LogP) is 10.2. The van der Waals surface area contributed by atoms with Crippen LogP contribution in [0.4, 0.5) is 0 Å². The molecule has 0 spiro atoms. The summed E-state index contributed by atoms with van der Waals surface area (Å²) in [4.78, 5) is 0. The molecule has 1 heterocycles. The maximum Gasteiger partial charge on any atom is 0.0434 e.